The molecule has 0 aromatic heterocycles. The number of hydrogen-bond acceptors (Lipinski definition) is 2. The van der Waals surface area contributed by atoms with E-state index in [1.807, 2.05) is 11.9 Å². The normalized spacial score (nSPS) is 17.5. The maximum absolute atomic E-state index is 12.7. The quantitative estimate of drug-likeness (QED) is 0.909. The molecule has 0 bridgehead atoms. The van der Waals surface area contributed by atoms with Crippen molar-refractivity contribution >= 4 is 5.69 Å². The van der Waals surface area contributed by atoms with E-state index in [2.05, 4.69) is 5.32 Å². The van der Waals surface area contributed by atoms with Crippen molar-refractivity contribution in [1.82, 2.24) is 5.32 Å². The average Bonchev–Trinajstić information content (AvgIpc) is 2.39. The molecule has 106 valence electrons. The first-order valence-corrected chi connectivity index (χ1v) is 6.56. The van der Waals surface area contributed by atoms with Crippen LogP contribution >= 0.6 is 0 Å². The van der Waals surface area contributed by atoms with Crippen LogP contribution in [0.15, 0.2) is 24.3 Å². The highest BCUT2D eigenvalue weighted by atomic mass is 19.4. The first kappa shape index (κ1) is 14.2. The van der Waals surface area contributed by atoms with Crippen LogP contribution in [0.4, 0.5) is 18.9 Å². The molecule has 0 spiro atoms. The predicted molar refractivity (Wildman–Crippen MR) is 70.3 cm³/mol. The molecule has 2 nitrogen and oxygen atoms in total. The van der Waals surface area contributed by atoms with Crippen molar-refractivity contribution in [1.29, 1.82) is 0 Å². The van der Waals surface area contributed by atoms with Gasteiger partial charge in [0.2, 0.25) is 0 Å². The number of nitrogens with zero attached hydrogens (tertiary/aromatic N) is 1. The zero-order valence-electron chi connectivity index (χ0n) is 11.0. The number of hydrogen-bond donors (Lipinski definition) is 1. The summed E-state index contributed by atoms with van der Waals surface area (Å²) in [6, 6.07) is 5.54. The Morgan fingerprint density at radius 2 is 1.95 bits per heavy atom. The Morgan fingerprint density at radius 1 is 1.26 bits per heavy atom. The van der Waals surface area contributed by atoms with Crippen molar-refractivity contribution in [3.8, 4) is 0 Å². The van der Waals surface area contributed by atoms with Gasteiger partial charge in [-0.25, -0.2) is 0 Å². The van der Waals surface area contributed by atoms with Gasteiger partial charge in [0.15, 0.2) is 0 Å². The SMILES string of the molecule is CN(CC1CCNCC1)c1cccc(C(F)(F)F)c1. The summed E-state index contributed by atoms with van der Waals surface area (Å²) in [5.41, 5.74) is 0.0514. The van der Waals surface area contributed by atoms with E-state index in [4.69, 9.17) is 0 Å². The Kier molecular flexibility index (Phi) is 4.34. The fraction of sp³-hybridized carbons (Fsp3) is 0.571. The van der Waals surface area contributed by atoms with Crippen LogP contribution in [0, 0.1) is 5.92 Å². The van der Waals surface area contributed by atoms with Gasteiger partial charge >= 0.3 is 6.18 Å². The molecule has 1 aliphatic rings. The Balaban J connectivity index is 2.04. The average molecular weight is 272 g/mol. The van der Waals surface area contributed by atoms with Gasteiger partial charge in [-0.15, -0.1) is 0 Å². The molecule has 0 radical (unpaired) electrons. The smallest absolute Gasteiger partial charge is 0.374 e. The first-order valence-electron chi connectivity index (χ1n) is 6.56. The lowest BCUT2D eigenvalue weighted by Crippen LogP contribution is -2.34. The van der Waals surface area contributed by atoms with Crippen LogP contribution in [0.2, 0.25) is 0 Å². The molecule has 0 unspecified atom stereocenters. The largest absolute Gasteiger partial charge is 0.416 e. The van der Waals surface area contributed by atoms with Crippen molar-refractivity contribution in [3.05, 3.63) is 29.8 Å². The molecular formula is C14H19F3N2. The summed E-state index contributed by atoms with van der Waals surface area (Å²) in [7, 11) is 1.86. The predicted octanol–water partition coefficient (Wildman–Crippen LogP) is 3.14. The molecule has 1 aliphatic heterocycles. The number of rotatable bonds is 3. The Morgan fingerprint density at radius 3 is 2.58 bits per heavy atom. The van der Waals surface area contributed by atoms with Crippen molar-refractivity contribution in [2.45, 2.75) is 19.0 Å². The third-order valence-electron chi connectivity index (χ3n) is 3.61. The van der Waals surface area contributed by atoms with Crippen LogP contribution < -0.4 is 10.2 Å². The highest BCUT2D eigenvalue weighted by Crippen LogP contribution is 2.31. The van der Waals surface area contributed by atoms with E-state index in [0.29, 0.717) is 11.6 Å². The van der Waals surface area contributed by atoms with Gasteiger partial charge in [-0.2, -0.15) is 13.2 Å². The lowest BCUT2D eigenvalue weighted by molar-refractivity contribution is -0.137. The van der Waals surface area contributed by atoms with E-state index in [0.717, 1.165) is 38.5 Å². The molecule has 5 heteroatoms. The van der Waals surface area contributed by atoms with Gasteiger partial charge in [-0.1, -0.05) is 6.07 Å². The van der Waals surface area contributed by atoms with E-state index < -0.39 is 11.7 Å². The van der Waals surface area contributed by atoms with Gasteiger partial charge in [0.1, 0.15) is 0 Å². The van der Waals surface area contributed by atoms with Crippen molar-refractivity contribution in [2.75, 3.05) is 31.6 Å². The van der Waals surface area contributed by atoms with E-state index >= 15 is 0 Å². The number of alkyl halides is 3. The molecule has 1 fully saturated rings. The minimum Gasteiger partial charge on any atom is -0.374 e. The minimum atomic E-state index is -4.27. The highest BCUT2D eigenvalue weighted by Gasteiger charge is 2.30. The number of halogens is 3. The number of piperidine rings is 1. The van der Waals surface area contributed by atoms with Crippen molar-refractivity contribution in [2.24, 2.45) is 5.92 Å². The maximum Gasteiger partial charge on any atom is 0.416 e. The fourth-order valence-electron chi connectivity index (χ4n) is 2.48. The number of nitrogens with one attached hydrogen (secondary N) is 1. The van der Waals surface area contributed by atoms with Gasteiger partial charge in [0.25, 0.3) is 0 Å². The highest BCUT2D eigenvalue weighted by molar-refractivity contribution is 5.48. The van der Waals surface area contributed by atoms with E-state index in [1.165, 1.54) is 12.1 Å². The summed E-state index contributed by atoms with van der Waals surface area (Å²) in [5.74, 6) is 0.556. The van der Waals surface area contributed by atoms with Gasteiger partial charge < -0.3 is 10.2 Å². The molecule has 1 saturated heterocycles. The molecule has 0 atom stereocenters. The Labute approximate surface area is 111 Å². The third-order valence-corrected chi connectivity index (χ3v) is 3.61. The van der Waals surface area contributed by atoms with Gasteiger partial charge in [0, 0.05) is 19.3 Å². The van der Waals surface area contributed by atoms with Crippen LogP contribution in [0.3, 0.4) is 0 Å². The summed E-state index contributed by atoms with van der Waals surface area (Å²) in [6.45, 7) is 2.81. The van der Waals surface area contributed by atoms with Crippen LogP contribution in [0.25, 0.3) is 0 Å². The molecule has 1 heterocycles. The Bertz CT molecular complexity index is 411. The molecule has 1 N–H and O–H groups in total. The zero-order valence-corrected chi connectivity index (χ0v) is 11.0. The minimum absolute atomic E-state index is 0.556. The van der Waals surface area contributed by atoms with Gasteiger partial charge in [-0.05, 0) is 50.0 Å². The van der Waals surface area contributed by atoms with E-state index in [9.17, 15) is 13.2 Å². The van der Waals surface area contributed by atoms with Crippen LogP contribution in [0.1, 0.15) is 18.4 Å². The topological polar surface area (TPSA) is 15.3 Å². The van der Waals surface area contributed by atoms with Gasteiger partial charge in [0.05, 0.1) is 5.56 Å². The second-order valence-corrected chi connectivity index (χ2v) is 5.12. The van der Waals surface area contributed by atoms with E-state index in [1.54, 1.807) is 6.07 Å². The molecular weight excluding hydrogens is 253 g/mol. The fourth-order valence-corrected chi connectivity index (χ4v) is 2.48. The third kappa shape index (κ3) is 3.86. The van der Waals surface area contributed by atoms with Gasteiger partial charge in [-0.3, -0.25) is 0 Å². The summed E-state index contributed by atoms with van der Waals surface area (Å²) >= 11 is 0. The zero-order chi connectivity index (χ0) is 13.9. The molecule has 1 aromatic rings. The lowest BCUT2D eigenvalue weighted by atomic mass is 9.97. The van der Waals surface area contributed by atoms with Crippen LogP contribution in [-0.4, -0.2) is 26.7 Å². The van der Waals surface area contributed by atoms with Crippen molar-refractivity contribution in [3.63, 3.8) is 0 Å². The summed E-state index contributed by atoms with van der Waals surface area (Å²) < 4.78 is 38.0. The molecule has 0 amide bonds. The molecule has 0 saturated carbocycles. The number of anilines is 1. The van der Waals surface area contributed by atoms with Crippen LogP contribution in [-0.2, 0) is 6.18 Å². The lowest BCUT2D eigenvalue weighted by Gasteiger charge is -2.29. The molecule has 19 heavy (non-hydrogen) atoms. The second-order valence-electron chi connectivity index (χ2n) is 5.12. The monoisotopic (exact) mass is 272 g/mol. The van der Waals surface area contributed by atoms with Crippen LogP contribution in [0.5, 0.6) is 0 Å². The molecule has 0 aliphatic carbocycles. The maximum atomic E-state index is 12.7. The van der Waals surface area contributed by atoms with E-state index in [-0.39, 0.29) is 0 Å². The number of benzene rings is 1. The summed E-state index contributed by atoms with van der Waals surface area (Å²) in [5, 5.41) is 3.29. The van der Waals surface area contributed by atoms with Crippen molar-refractivity contribution < 1.29 is 13.2 Å². The first-order chi connectivity index (χ1) is 8.97. The summed E-state index contributed by atoms with van der Waals surface area (Å²) in [4.78, 5) is 1.92. The summed E-state index contributed by atoms with van der Waals surface area (Å²) in [6.07, 6.45) is -2.10. The molecule has 2 rings (SSSR count). The standard InChI is InChI=1S/C14H19F3N2/c1-19(10-11-5-7-18-8-6-11)13-4-2-3-12(9-13)14(15,16)17/h2-4,9,11,18H,5-8,10H2,1H3. The Hall–Kier alpha value is -1.23. The molecule has 1 aromatic carbocycles. The second kappa shape index (κ2) is 5.82.